The van der Waals surface area contributed by atoms with E-state index in [4.69, 9.17) is 4.74 Å². The summed E-state index contributed by atoms with van der Waals surface area (Å²) in [4.78, 5) is 16.3. The Morgan fingerprint density at radius 3 is 2.57 bits per heavy atom. The Hall–Kier alpha value is -3.52. The number of nitrogens with zero attached hydrogens (tertiary/aromatic N) is 4. The monoisotopic (exact) mass is 435 g/mol. The van der Waals surface area contributed by atoms with E-state index in [-0.39, 0.29) is 5.91 Å². The minimum absolute atomic E-state index is 0.184. The highest BCUT2D eigenvalue weighted by atomic mass is 79.9. The van der Waals surface area contributed by atoms with Gasteiger partial charge >= 0.3 is 0 Å². The Bertz CT molecular complexity index is 1080. The molecule has 1 N–H and O–H groups in total. The second kappa shape index (κ2) is 8.01. The summed E-state index contributed by atoms with van der Waals surface area (Å²) in [6, 6.07) is 17.7. The van der Waals surface area contributed by atoms with Gasteiger partial charge in [0.1, 0.15) is 12.1 Å². The lowest BCUT2D eigenvalue weighted by atomic mass is 10.2. The molecule has 138 valence electrons. The summed E-state index contributed by atoms with van der Waals surface area (Å²) in [6.45, 7) is 0. The second-order valence-electron chi connectivity index (χ2n) is 5.79. The zero-order valence-corrected chi connectivity index (χ0v) is 16.1. The molecule has 0 unspecified atom stereocenters. The van der Waals surface area contributed by atoms with Crippen LogP contribution in [0, 0.1) is 0 Å². The molecule has 0 bridgehead atoms. The van der Waals surface area contributed by atoms with Crippen LogP contribution in [0.1, 0.15) is 10.4 Å². The van der Waals surface area contributed by atoms with Crippen molar-refractivity contribution in [1.29, 1.82) is 0 Å². The van der Waals surface area contributed by atoms with Gasteiger partial charge in [0.05, 0.1) is 0 Å². The normalized spacial score (nSPS) is 10.5. The summed E-state index contributed by atoms with van der Waals surface area (Å²) in [5.41, 5.74) is 1.24. The SMILES string of the molecule is O=C(Nc1ccc(Oc2ccc(-n3ccnc3)nn2)cc1)c1cccc(Br)c1. The van der Waals surface area contributed by atoms with Crippen molar-refractivity contribution in [2.75, 3.05) is 5.32 Å². The first-order chi connectivity index (χ1) is 13.7. The maximum Gasteiger partial charge on any atom is 0.255 e. The summed E-state index contributed by atoms with van der Waals surface area (Å²) in [7, 11) is 0. The molecule has 8 heteroatoms. The number of carbonyl (C=O) groups excluding carboxylic acids is 1. The first-order valence-corrected chi connectivity index (χ1v) is 9.13. The van der Waals surface area contributed by atoms with Crippen LogP contribution in [0.25, 0.3) is 5.82 Å². The van der Waals surface area contributed by atoms with Crippen molar-refractivity contribution in [2.24, 2.45) is 0 Å². The van der Waals surface area contributed by atoms with E-state index in [0.717, 1.165) is 4.47 Å². The number of benzene rings is 2. The van der Waals surface area contributed by atoms with E-state index in [0.29, 0.717) is 28.7 Å². The minimum atomic E-state index is -0.184. The summed E-state index contributed by atoms with van der Waals surface area (Å²) in [6.07, 6.45) is 5.10. The third kappa shape index (κ3) is 4.24. The van der Waals surface area contributed by atoms with E-state index in [1.807, 2.05) is 12.1 Å². The van der Waals surface area contributed by atoms with Gasteiger partial charge in [-0.25, -0.2) is 4.98 Å². The van der Waals surface area contributed by atoms with Gasteiger partial charge in [0, 0.05) is 34.2 Å². The zero-order valence-electron chi connectivity index (χ0n) is 14.5. The van der Waals surface area contributed by atoms with Gasteiger partial charge in [-0.15, -0.1) is 10.2 Å². The smallest absolute Gasteiger partial charge is 0.255 e. The molecule has 7 nitrogen and oxygen atoms in total. The summed E-state index contributed by atoms with van der Waals surface area (Å²) >= 11 is 3.36. The maximum atomic E-state index is 12.3. The molecule has 0 saturated carbocycles. The van der Waals surface area contributed by atoms with Crippen molar-refractivity contribution in [2.45, 2.75) is 0 Å². The molecule has 0 spiro atoms. The number of imidazole rings is 1. The lowest BCUT2D eigenvalue weighted by molar-refractivity contribution is 0.102. The minimum Gasteiger partial charge on any atom is -0.438 e. The van der Waals surface area contributed by atoms with Crippen molar-refractivity contribution < 1.29 is 9.53 Å². The molecule has 0 fully saturated rings. The van der Waals surface area contributed by atoms with E-state index < -0.39 is 0 Å². The van der Waals surface area contributed by atoms with Crippen molar-refractivity contribution in [1.82, 2.24) is 19.7 Å². The van der Waals surface area contributed by atoms with Crippen molar-refractivity contribution in [3.8, 4) is 17.4 Å². The molecular weight excluding hydrogens is 422 g/mol. The highest BCUT2D eigenvalue weighted by Gasteiger charge is 2.07. The van der Waals surface area contributed by atoms with Crippen LogP contribution < -0.4 is 10.1 Å². The van der Waals surface area contributed by atoms with Gasteiger partial charge in [0.2, 0.25) is 5.88 Å². The predicted molar refractivity (Wildman–Crippen MR) is 108 cm³/mol. The first kappa shape index (κ1) is 17.9. The highest BCUT2D eigenvalue weighted by Crippen LogP contribution is 2.22. The van der Waals surface area contributed by atoms with Crippen LogP contribution in [0.5, 0.6) is 11.6 Å². The highest BCUT2D eigenvalue weighted by molar-refractivity contribution is 9.10. The van der Waals surface area contributed by atoms with E-state index in [2.05, 4.69) is 36.4 Å². The predicted octanol–water partition coefficient (Wildman–Crippen LogP) is 4.47. The zero-order chi connectivity index (χ0) is 19.3. The standard InChI is InChI=1S/C20H14BrN5O2/c21-15-3-1-2-14(12-15)20(27)23-16-4-6-17(7-5-16)28-19-9-8-18(24-25-19)26-11-10-22-13-26/h1-13H,(H,23,27). The van der Waals surface area contributed by atoms with Crippen LogP contribution in [-0.2, 0) is 0 Å². The molecule has 2 heterocycles. The number of halogens is 1. The molecule has 0 saturated heterocycles. The van der Waals surface area contributed by atoms with Crippen LogP contribution in [0.15, 0.2) is 83.9 Å². The van der Waals surface area contributed by atoms with Crippen molar-refractivity contribution >= 4 is 27.5 Å². The molecule has 2 aromatic heterocycles. The molecule has 0 atom stereocenters. The molecule has 0 radical (unpaired) electrons. The topological polar surface area (TPSA) is 81.9 Å². The van der Waals surface area contributed by atoms with Crippen LogP contribution >= 0.6 is 15.9 Å². The molecule has 1 amide bonds. The molecule has 2 aromatic carbocycles. The summed E-state index contributed by atoms with van der Waals surface area (Å²) in [5.74, 6) is 1.42. The second-order valence-corrected chi connectivity index (χ2v) is 6.71. The Morgan fingerprint density at radius 1 is 1.04 bits per heavy atom. The Kier molecular flexibility index (Phi) is 5.11. The number of hydrogen-bond donors (Lipinski definition) is 1. The molecule has 0 aliphatic rings. The van der Waals surface area contributed by atoms with Gasteiger partial charge in [0.25, 0.3) is 5.91 Å². The Morgan fingerprint density at radius 2 is 1.89 bits per heavy atom. The van der Waals surface area contributed by atoms with Gasteiger partial charge < -0.3 is 10.1 Å². The first-order valence-electron chi connectivity index (χ1n) is 8.34. The van der Waals surface area contributed by atoms with Crippen LogP contribution in [0.2, 0.25) is 0 Å². The summed E-state index contributed by atoms with van der Waals surface area (Å²) in [5, 5.41) is 11.0. The largest absolute Gasteiger partial charge is 0.438 e. The van der Waals surface area contributed by atoms with Crippen LogP contribution in [0.4, 0.5) is 5.69 Å². The van der Waals surface area contributed by atoms with Crippen LogP contribution in [0.3, 0.4) is 0 Å². The fourth-order valence-corrected chi connectivity index (χ4v) is 2.86. The number of ether oxygens (including phenoxy) is 1. The van der Waals surface area contributed by atoms with E-state index in [1.54, 1.807) is 71.8 Å². The average molecular weight is 436 g/mol. The number of aromatic nitrogens is 4. The fraction of sp³-hybridized carbons (Fsp3) is 0. The third-order valence-corrected chi connectivity index (χ3v) is 4.31. The van der Waals surface area contributed by atoms with Gasteiger partial charge in [-0.05, 0) is 48.5 Å². The number of carbonyl (C=O) groups is 1. The van der Waals surface area contributed by atoms with Crippen molar-refractivity contribution in [3.63, 3.8) is 0 Å². The van der Waals surface area contributed by atoms with E-state index >= 15 is 0 Å². The van der Waals surface area contributed by atoms with Gasteiger partial charge in [-0.3, -0.25) is 9.36 Å². The number of amides is 1. The number of hydrogen-bond acceptors (Lipinski definition) is 5. The van der Waals surface area contributed by atoms with Gasteiger partial charge in [-0.1, -0.05) is 22.0 Å². The fourth-order valence-electron chi connectivity index (χ4n) is 2.46. The van der Waals surface area contributed by atoms with Gasteiger partial charge in [0.15, 0.2) is 5.82 Å². The molecule has 0 aliphatic heterocycles. The van der Waals surface area contributed by atoms with E-state index in [1.165, 1.54) is 0 Å². The molecule has 4 aromatic rings. The Labute approximate surface area is 169 Å². The quantitative estimate of drug-likeness (QED) is 0.499. The van der Waals surface area contributed by atoms with E-state index in [9.17, 15) is 4.79 Å². The maximum absolute atomic E-state index is 12.3. The number of anilines is 1. The average Bonchev–Trinajstić information content (AvgIpc) is 3.25. The van der Waals surface area contributed by atoms with Gasteiger partial charge in [-0.2, -0.15) is 0 Å². The molecule has 0 aliphatic carbocycles. The third-order valence-electron chi connectivity index (χ3n) is 3.82. The number of nitrogens with one attached hydrogen (secondary N) is 1. The lowest BCUT2D eigenvalue weighted by Gasteiger charge is -2.08. The lowest BCUT2D eigenvalue weighted by Crippen LogP contribution is -2.11. The molecular formula is C20H14BrN5O2. The molecule has 4 rings (SSSR count). The van der Waals surface area contributed by atoms with Crippen molar-refractivity contribution in [3.05, 3.63) is 89.4 Å². The summed E-state index contributed by atoms with van der Waals surface area (Å²) < 4.78 is 8.29. The van der Waals surface area contributed by atoms with Crippen LogP contribution in [-0.4, -0.2) is 25.7 Å². The molecule has 28 heavy (non-hydrogen) atoms. The number of rotatable bonds is 5. The Balaban J connectivity index is 1.40.